The van der Waals surface area contributed by atoms with Crippen molar-refractivity contribution < 1.29 is 14.3 Å². The molecule has 0 aliphatic heterocycles. The van der Waals surface area contributed by atoms with Crippen LogP contribution in [-0.2, 0) is 14.3 Å². The van der Waals surface area contributed by atoms with E-state index in [0.717, 1.165) is 63.8 Å². The Labute approximate surface area is 184 Å². The van der Waals surface area contributed by atoms with E-state index in [1.54, 1.807) is 0 Å². The quantitative estimate of drug-likeness (QED) is 0.583. The molecule has 2 aliphatic rings. The summed E-state index contributed by atoms with van der Waals surface area (Å²) in [6.45, 7) is 3.43. The van der Waals surface area contributed by atoms with Crippen LogP contribution < -0.4 is 10.6 Å². The normalized spacial score (nSPS) is 27.9. The Kier molecular flexibility index (Phi) is 11.8. The lowest BCUT2D eigenvalue weighted by Crippen LogP contribution is -2.42. The van der Waals surface area contributed by atoms with Crippen LogP contribution >= 0.6 is 0 Å². The smallest absolute Gasteiger partial charge is 0.311 e. The third kappa shape index (κ3) is 9.36. The van der Waals surface area contributed by atoms with Gasteiger partial charge in [0.05, 0.1) is 19.1 Å². The SMILES string of the molecule is COC(=O)C1(C)CCCCCC(NC(=O)CNCC2CCCCCCCC2)CCC1. The summed E-state index contributed by atoms with van der Waals surface area (Å²) in [6.07, 6.45) is 18.8. The summed E-state index contributed by atoms with van der Waals surface area (Å²) in [5.41, 5.74) is -0.376. The predicted molar refractivity (Wildman–Crippen MR) is 122 cm³/mol. The molecular weight excluding hydrogens is 376 g/mol. The van der Waals surface area contributed by atoms with Crippen LogP contribution in [0.15, 0.2) is 0 Å². The average Bonchev–Trinajstić information content (AvgIpc) is 2.86. The van der Waals surface area contributed by atoms with Gasteiger partial charge in [-0.1, -0.05) is 64.2 Å². The van der Waals surface area contributed by atoms with Crippen molar-refractivity contribution in [3.63, 3.8) is 0 Å². The maximum absolute atomic E-state index is 12.5. The van der Waals surface area contributed by atoms with E-state index in [0.29, 0.717) is 6.54 Å². The monoisotopic (exact) mass is 422 g/mol. The summed E-state index contributed by atoms with van der Waals surface area (Å²) >= 11 is 0. The second-order valence-corrected chi connectivity index (χ2v) is 10.0. The second-order valence-electron chi connectivity index (χ2n) is 10.0. The number of amides is 1. The number of hydrogen-bond donors (Lipinski definition) is 2. The van der Waals surface area contributed by atoms with Gasteiger partial charge in [-0.2, -0.15) is 0 Å². The summed E-state index contributed by atoms with van der Waals surface area (Å²) in [6, 6.07) is 0.226. The Bertz CT molecular complexity index is 501. The van der Waals surface area contributed by atoms with E-state index in [4.69, 9.17) is 4.74 Å². The van der Waals surface area contributed by atoms with Crippen molar-refractivity contribution >= 4 is 11.9 Å². The molecule has 0 bridgehead atoms. The lowest BCUT2D eigenvalue weighted by molar-refractivity contribution is -0.153. The molecule has 5 heteroatoms. The summed E-state index contributed by atoms with van der Waals surface area (Å²) in [5, 5.41) is 6.68. The molecule has 30 heavy (non-hydrogen) atoms. The summed E-state index contributed by atoms with van der Waals surface area (Å²) in [5.74, 6) is 0.759. The van der Waals surface area contributed by atoms with Crippen molar-refractivity contribution in [3.8, 4) is 0 Å². The van der Waals surface area contributed by atoms with E-state index in [1.165, 1.54) is 58.5 Å². The van der Waals surface area contributed by atoms with Crippen LogP contribution in [0.2, 0.25) is 0 Å². The fraction of sp³-hybridized carbons (Fsp3) is 0.920. The van der Waals surface area contributed by atoms with Crippen molar-refractivity contribution in [1.29, 1.82) is 0 Å². The number of hydrogen-bond acceptors (Lipinski definition) is 4. The Morgan fingerprint density at radius 3 is 2.10 bits per heavy atom. The topological polar surface area (TPSA) is 67.4 Å². The molecule has 2 saturated carbocycles. The van der Waals surface area contributed by atoms with Gasteiger partial charge in [-0.3, -0.25) is 9.59 Å². The first kappa shape index (κ1) is 25.2. The predicted octanol–water partition coefficient (Wildman–Crippen LogP) is 5.13. The lowest BCUT2D eigenvalue weighted by atomic mass is 9.78. The van der Waals surface area contributed by atoms with E-state index in [1.807, 2.05) is 6.92 Å². The maximum Gasteiger partial charge on any atom is 0.311 e. The molecule has 2 aliphatic carbocycles. The zero-order valence-corrected chi connectivity index (χ0v) is 19.6. The molecule has 0 aromatic rings. The molecule has 2 N–H and O–H groups in total. The van der Waals surface area contributed by atoms with Gasteiger partial charge in [-0.15, -0.1) is 0 Å². The molecular formula is C25H46N2O3. The van der Waals surface area contributed by atoms with Crippen molar-refractivity contribution in [1.82, 2.24) is 10.6 Å². The average molecular weight is 423 g/mol. The zero-order valence-electron chi connectivity index (χ0n) is 19.6. The molecule has 174 valence electrons. The second kappa shape index (κ2) is 14.1. The number of ether oxygens (including phenoxy) is 1. The molecule has 0 spiro atoms. The number of rotatable bonds is 6. The molecule has 0 aromatic heterocycles. The first-order valence-electron chi connectivity index (χ1n) is 12.6. The van der Waals surface area contributed by atoms with E-state index in [2.05, 4.69) is 10.6 Å². The number of carbonyl (C=O) groups is 2. The van der Waals surface area contributed by atoms with E-state index in [-0.39, 0.29) is 23.3 Å². The summed E-state index contributed by atoms with van der Waals surface area (Å²) < 4.78 is 5.05. The molecule has 5 nitrogen and oxygen atoms in total. The first-order valence-corrected chi connectivity index (χ1v) is 12.6. The fourth-order valence-electron chi connectivity index (χ4n) is 5.28. The maximum atomic E-state index is 12.5. The molecule has 0 radical (unpaired) electrons. The number of nitrogens with one attached hydrogen (secondary N) is 2. The Morgan fingerprint density at radius 2 is 1.40 bits per heavy atom. The van der Waals surface area contributed by atoms with Gasteiger partial charge in [-0.25, -0.2) is 0 Å². The highest BCUT2D eigenvalue weighted by Gasteiger charge is 2.34. The van der Waals surface area contributed by atoms with Gasteiger partial charge in [0.1, 0.15) is 0 Å². The van der Waals surface area contributed by atoms with Gasteiger partial charge in [0.2, 0.25) is 5.91 Å². The molecule has 2 fully saturated rings. The van der Waals surface area contributed by atoms with E-state index in [9.17, 15) is 9.59 Å². The highest BCUT2D eigenvalue weighted by atomic mass is 16.5. The molecule has 0 saturated heterocycles. The van der Waals surface area contributed by atoms with Gasteiger partial charge in [-0.05, 0) is 57.9 Å². The van der Waals surface area contributed by atoms with Crippen LogP contribution in [0.5, 0.6) is 0 Å². The minimum atomic E-state index is -0.376. The van der Waals surface area contributed by atoms with Gasteiger partial charge >= 0.3 is 5.97 Å². The Hall–Kier alpha value is -1.10. The Morgan fingerprint density at radius 1 is 0.833 bits per heavy atom. The van der Waals surface area contributed by atoms with Gasteiger partial charge in [0, 0.05) is 6.04 Å². The Balaban J connectivity index is 1.71. The highest BCUT2D eigenvalue weighted by molar-refractivity contribution is 5.78. The summed E-state index contributed by atoms with van der Waals surface area (Å²) in [4.78, 5) is 24.7. The van der Waals surface area contributed by atoms with Crippen molar-refractivity contribution in [2.75, 3.05) is 20.2 Å². The number of methoxy groups -OCH3 is 1. The van der Waals surface area contributed by atoms with E-state index >= 15 is 0 Å². The molecule has 2 atom stereocenters. The molecule has 2 rings (SSSR count). The minimum absolute atomic E-state index is 0.0854. The number of carbonyl (C=O) groups excluding carboxylic acids is 2. The molecule has 2 unspecified atom stereocenters. The fourth-order valence-corrected chi connectivity index (χ4v) is 5.28. The zero-order chi connectivity index (χ0) is 21.7. The third-order valence-electron chi connectivity index (χ3n) is 7.30. The van der Waals surface area contributed by atoms with Crippen LogP contribution in [-0.4, -0.2) is 38.1 Å². The van der Waals surface area contributed by atoms with Crippen molar-refractivity contribution in [3.05, 3.63) is 0 Å². The minimum Gasteiger partial charge on any atom is -0.469 e. The van der Waals surface area contributed by atoms with Crippen LogP contribution in [0.3, 0.4) is 0 Å². The van der Waals surface area contributed by atoms with Gasteiger partial charge < -0.3 is 15.4 Å². The standard InChI is InChI=1S/C25H46N2O3/c1-25(24(29)30-2)17-11-7-10-15-22(16-12-18-25)27-23(28)20-26-19-21-13-8-5-3-4-6-9-14-21/h21-22,26H,3-20H2,1-2H3,(H,27,28). The van der Waals surface area contributed by atoms with Crippen LogP contribution in [0, 0.1) is 11.3 Å². The van der Waals surface area contributed by atoms with Crippen LogP contribution in [0.25, 0.3) is 0 Å². The molecule has 0 heterocycles. The summed E-state index contributed by atoms with van der Waals surface area (Å²) in [7, 11) is 1.49. The van der Waals surface area contributed by atoms with E-state index < -0.39 is 0 Å². The van der Waals surface area contributed by atoms with Gasteiger partial charge in [0.25, 0.3) is 0 Å². The van der Waals surface area contributed by atoms with Crippen LogP contribution in [0.1, 0.15) is 110 Å². The largest absolute Gasteiger partial charge is 0.469 e. The van der Waals surface area contributed by atoms with Gasteiger partial charge in [0.15, 0.2) is 0 Å². The molecule has 1 amide bonds. The number of esters is 1. The molecule has 0 aromatic carbocycles. The van der Waals surface area contributed by atoms with Crippen LogP contribution in [0.4, 0.5) is 0 Å². The third-order valence-corrected chi connectivity index (χ3v) is 7.30. The lowest BCUT2D eigenvalue weighted by Gasteiger charge is -2.29. The first-order chi connectivity index (χ1) is 14.5. The highest BCUT2D eigenvalue weighted by Crippen LogP contribution is 2.34. The van der Waals surface area contributed by atoms with Crippen molar-refractivity contribution in [2.45, 2.75) is 116 Å². The van der Waals surface area contributed by atoms with Crippen molar-refractivity contribution in [2.24, 2.45) is 11.3 Å².